The molecule has 0 aromatic carbocycles. The molecule has 0 saturated carbocycles. The Morgan fingerprint density at radius 1 is 1.56 bits per heavy atom. The highest BCUT2D eigenvalue weighted by atomic mass is 15.3. The van der Waals surface area contributed by atoms with Crippen LogP contribution >= 0.6 is 0 Å². The molecule has 9 heavy (non-hydrogen) atoms. The lowest BCUT2D eigenvalue weighted by Crippen LogP contribution is -2.38. The first kappa shape index (κ1) is 6.29. The minimum absolute atomic E-state index is 0.120. The van der Waals surface area contributed by atoms with Gasteiger partial charge in [0.25, 0.3) is 0 Å². The molecule has 0 amide bonds. The van der Waals surface area contributed by atoms with E-state index in [4.69, 9.17) is 0 Å². The second-order valence-electron chi connectivity index (χ2n) is 2.16. The maximum Gasteiger partial charge on any atom is 0.175 e. The molecule has 1 heterocycles. The molecule has 0 radical (unpaired) electrons. The van der Waals surface area contributed by atoms with E-state index in [1.54, 1.807) is 6.21 Å². The van der Waals surface area contributed by atoms with Crippen molar-refractivity contribution in [3.63, 3.8) is 0 Å². The topological polar surface area (TPSA) is 27.6 Å². The molecule has 0 aromatic heterocycles. The van der Waals surface area contributed by atoms with E-state index in [2.05, 4.69) is 10.3 Å². The molecule has 1 atom stereocenters. The summed E-state index contributed by atoms with van der Waals surface area (Å²) in [6.07, 6.45) is 5.67. The van der Waals surface area contributed by atoms with Crippen LogP contribution in [0.5, 0.6) is 0 Å². The van der Waals surface area contributed by atoms with Crippen molar-refractivity contribution in [2.45, 2.75) is 6.29 Å². The Hall–Kier alpha value is -0.830. The smallest absolute Gasteiger partial charge is 0.175 e. The van der Waals surface area contributed by atoms with Crippen molar-refractivity contribution in [2.24, 2.45) is 4.99 Å². The molecule has 1 rings (SSSR count). The van der Waals surface area contributed by atoms with Crippen LogP contribution in [0.4, 0.5) is 0 Å². The second kappa shape index (κ2) is 2.64. The highest BCUT2D eigenvalue weighted by molar-refractivity contribution is 5.71. The first-order valence-electron chi connectivity index (χ1n) is 2.91. The van der Waals surface area contributed by atoms with Gasteiger partial charge < -0.3 is 5.32 Å². The highest BCUT2D eigenvalue weighted by Gasteiger charge is 2.04. The predicted octanol–water partition coefficient (Wildman–Crippen LogP) is 0.0193. The monoisotopic (exact) mass is 125 g/mol. The van der Waals surface area contributed by atoms with Crippen molar-refractivity contribution in [1.29, 1.82) is 0 Å². The summed E-state index contributed by atoms with van der Waals surface area (Å²) in [5.74, 6) is 0. The summed E-state index contributed by atoms with van der Waals surface area (Å²) in [7, 11) is 3.96. The number of hydrogen-bond donors (Lipinski definition) is 1. The fraction of sp³-hybridized carbons (Fsp3) is 0.500. The molecule has 50 valence electrons. The van der Waals surface area contributed by atoms with Gasteiger partial charge in [0.15, 0.2) is 6.29 Å². The lowest BCUT2D eigenvalue weighted by atomic mass is 10.5. The predicted molar refractivity (Wildman–Crippen MR) is 38.2 cm³/mol. The molecular formula is C6H11N3. The summed E-state index contributed by atoms with van der Waals surface area (Å²) in [5, 5.41) is 3.07. The zero-order valence-electron chi connectivity index (χ0n) is 5.70. The van der Waals surface area contributed by atoms with Crippen LogP contribution in [0.1, 0.15) is 0 Å². The number of aliphatic imine (C=N–C) groups is 1. The van der Waals surface area contributed by atoms with Crippen molar-refractivity contribution in [3.8, 4) is 0 Å². The SMILES string of the molecule is CN(C)C1N=CC=CN1. The largest absolute Gasteiger partial charge is 0.358 e. The van der Waals surface area contributed by atoms with Crippen LogP contribution in [0.15, 0.2) is 17.3 Å². The minimum atomic E-state index is 0.120. The normalized spacial score (nSPS) is 24.6. The summed E-state index contributed by atoms with van der Waals surface area (Å²) in [4.78, 5) is 6.13. The number of nitrogens with zero attached hydrogens (tertiary/aromatic N) is 2. The van der Waals surface area contributed by atoms with E-state index in [1.807, 2.05) is 31.3 Å². The average Bonchev–Trinajstić information content (AvgIpc) is 1.90. The van der Waals surface area contributed by atoms with Crippen LogP contribution in [0.3, 0.4) is 0 Å². The summed E-state index contributed by atoms with van der Waals surface area (Å²) in [6, 6.07) is 0. The Balaban J connectivity index is 2.46. The molecule has 0 aromatic rings. The number of hydrogen-bond acceptors (Lipinski definition) is 3. The van der Waals surface area contributed by atoms with E-state index in [1.165, 1.54) is 0 Å². The van der Waals surface area contributed by atoms with Crippen molar-refractivity contribution in [2.75, 3.05) is 14.1 Å². The van der Waals surface area contributed by atoms with Gasteiger partial charge in [-0.1, -0.05) is 0 Å². The number of nitrogens with one attached hydrogen (secondary N) is 1. The zero-order valence-corrected chi connectivity index (χ0v) is 5.70. The van der Waals surface area contributed by atoms with Gasteiger partial charge in [0.2, 0.25) is 0 Å². The van der Waals surface area contributed by atoms with Gasteiger partial charge in [-0.05, 0) is 20.2 Å². The van der Waals surface area contributed by atoms with E-state index in [0.29, 0.717) is 0 Å². The molecule has 0 bridgehead atoms. The molecule has 0 aliphatic carbocycles. The van der Waals surface area contributed by atoms with Gasteiger partial charge >= 0.3 is 0 Å². The maximum absolute atomic E-state index is 4.13. The Bertz CT molecular complexity index is 137. The highest BCUT2D eigenvalue weighted by Crippen LogP contribution is 1.92. The summed E-state index contributed by atoms with van der Waals surface area (Å²) >= 11 is 0. The number of rotatable bonds is 1. The minimum Gasteiger partial charge on any atom is -0.358 e. The molecule has 0 saturated heterocycles. The Kier molecular flexibility index (Phi) is 1.85. The van der Waals surface area contributed by atoms with E-state index in [-0.39, 0.29) is 6.29 Å². The standard InChI is InChI=1S/C6H11N3/c1-9(2)6-7-4-3-5-8-6/h3-7H,1-2H3. The molecule has 3 heteroatoms. The Morgan fingerprint density at radius 2 is 2.33 bits per heavy atom. The number of allylic oxidation sites excluding steroid dienone is 1. The summed E-state index contributed by atoms with van der Waals surface area (Å²) in [5.41, 5.74) is 0. The lowest BCUT2D eigenvalue weighted by Gasteiger charge is -2.21. The molecule has 1 aliphatic rings. The average molecular weight is 125 g/mol. The van der Waals surface area contributed by atoms with E-state index >= 15 is 0 Å². The third kappa shape index (κ3) is 1.54. The molecule has 1 aliphatic heterocycles. The summed E-state index contributed by atoms with van der Waals surface area (Å²) in [6.45, 7) is 0. The van der Waals surface area contributed by atoms with Crippen LogP contribution in [-0.2, 0) is 0 Å². The Labute approximate surface area is 55.1 Å². The fourth-order valence-corrected chi connectivity index (χ4v) is 0.641. The van der Waals surface area contributed by atoms with Crippen molar-refractivity contribution in [3.05, 3.63) is 12.3 Å². The van der Waals surface area contributed by atoms with Crippen molar-refractivity contribution < 1.29 is 0 Å². The molecular weight excluding hydrogens is 114 g/mol. The van der Waals surface area contributed by atoms with E-state index in [0.717, 1.165) is 0 Å². The van der Waals surface area contributed by atoms with Gasteiger partial charge in [-0.25, -0.2) is 0 Å². The Morgan fingerprint density at radius 3 is 2.67 bits per heavy atom. The van der Waals surface area contributed by atoms with Gasteiger partial charge in [0.05, 0.1) is 0 Å². The third-order valence-corrected chi connectivity index (χ3v) is 1.14. The van der Waals surface area contributed by atoms with Crippen LogP contribution in [-0.4, -0.2) is 31.5 Å². The first-order valence-corrected chi connectivity index (χ1v) is 2.91. The lowest BCUT2D eigenvalue weighted by molar-refractivity contribution is 0.276. The fourth-order valence-electron chi connectivity index (χ4n) is 0.641. The quantitative estimate of drug-likeness (QED) is 0.535. The van der Waals surface area contributed by atoms with Crippen LogP contribution < -0.4 is 5.32 Å². The van der Waals surface area contributed by atoms with E-state index < -0.39 is 0 Å². The third-order valence-electron chi connectivity index (χ3n) is 1.14. The zero-order chi connectivity index (χ0) is 6.69. The van der Waals surface area contributed by atoms with Crippen molar-refractivity contribution >= 4 is 6.21 Å². The van der Waals surface area contributed by atoms with Gasteiger partial charge in [0.1, 0.15) is 0 Å². The van der Waals surface area contributed by atoms with Crippen molar-refractivity contribution in [1.82, 2.24) is 10.2 Å². The molecule has 0 spiro atoms. The van der Waals surface area contributed by atoms with Crippen LogP contribution in [0, 0.1) is 0 Å². The van der Waals surface area contributed by atoms with Gasteiger partial charge in [-0.2, -0.15) is 0 Å². The van der Waals surface area contributed by atoms with Gasteiger partial charge in [-0.15, -0.1) is 0 Å². The molecule has 1 N–H and O–H groups in total. The molecule has 0 fully saturated rings. The molecule has 1 unspecified atom stereocenters. The molecule has 3 nitrogen and oxygen atoms in total. The van der Waals surface area contributed by atoms with Gasteiger partial charge in [0, 0.05) is 12.4 Å². The van der Waals surface area contributed by atoms with E-state index in [9.17, 15) is 0 Å². The summed E-state index contributed by atoms with van der Waals surface area (Å²) < 4.78 is 0. The van der Waals surface area contributed by atoms with Crippen LogP contribution in [0.25, 0.3) is 0 Å². The van der Waals surface area contributed by atoms with Crippen LogP contribution in [0.2, 0.25) is 0 Å². The first-order chi connectivity index (χ1) is 4.30. The second-order valence-corrected chi connectivity index (χ2v) is 2.16. The van der Waals surface area contributed by atoms with Gasteiger partial charge in [-0.3, -0.25) is 9.89 Å². The maximum atomic E-state index is 4.13.